The molecule has 0 spiro atoms. The molecule has 3 aromatic carbocycles. The number of hydrogen-bond donors (Lipinski definition) is 1. The SMILES string of the molecule is N#CC(c1ccc(Cl)cc1)c1ccc(NC(=O)c2cccc([N+](=O)[O-])c2)cc1Cl. The largest absolute Gasteiger partial charge is 0.322 e. The van der Waals surface area contributed by atoms with Gasteiger partial charge in [0, 0.05) is 33.4 Å². The number of benzene rings is 3. The van der Waals surface area contributed by atoms with Crippen molar-refractivity contribution >= 4 is 40.5 Å². The van der Waals surface area contributed by atoms with Crippen LogP contribution in [0.15, 0.2) is 66.7 Å². The summed E-state index contributed by atoms with van der Waals surface area (Å²) >= 11 is 12.3. The Morgan fingerprint density at radius 2 is 1.79 bits per heavy atom. The number of nitrogens with zero attached hydrogens (tertiary/aromatic N) is 2. The van der Waals surface area contributed by atoms with Gasteiger partial charge in [0.1, 0.15) is 0 Å². The van der Waals surface area contributed by atoms with Gasteiger partial charge < -0.3 is 5.32 Å². The number of rotatable bonds is 5. The molecule has 3 rings (SSSR count). The monoisotopic (exact) mass is 425 g/mol. The van der Waals surface area contributed by atoms with Crippen molar-refractivity contribution < 1.29 is 9.72 Å². The van der Waals surface area contributed by atoms with Crippen LogP contribution >= 0.6 is 23.2 Å². The van der Waals surface area contributed by atoms with Crippen molar-refractivity contribution in [2.24, 2.45) is 0 Å². The summed E-state index contributed by atoms with van der Waals surface area (Å²) in [6.07, 6.45) is 0. The van der Waals surface area contributed by atoms with Crippen LogP contribution in [0.25, 0.3) is 0 Å². The lowest BCUT2D eigenvalue weighted by molar-refractivity contribution is -0.384. The molecule has 0 aliphatic heterocycles. The van der Waals surface area contributed by atoms with E-state index in [9.17, 15) is 20.2 Å². The molecule has 1 amide bonds. The Kier molecular flexibility index (Phi) is 6.13. The molecule has 0 aromatic heterocycles. The molecule has 6 nitrogen and oxygen atoms in total. The maximum atomic E-state index is 12.4. The minimum absolute atomic E-state index is 0.149. The zero-order valence-electron chi connectivity index (χ0n) is 14.8. The van der Waals surface area contributed by atoms with Crippen molar-refractivity contribution in [2.45, 2.75) is 5.92 Å². The molecule has 1 atom stereocenters. The minimum atomic E-state index is -0.596. The lowest BCUT2D eigenvalue weighted by Crippen LogP contribution is -2.12. The summed E-state index contributed by atoms with van der Waals surface area (Å²) in [5, 5.41) is 24.0. The Bertz CT molecular complexity index is 1120. The molecule has 144 valence electrons. The molecule has 0 aliphatic rings. The second-order valence-electron chi connectivity index (χ2n) is 6.11. The highest BCUT2D eigenvalue weighted by atomic mass is 35.5. The number of hydrogen-bond acceptors (Lipinski definition) is 4. The second-order valence-corrected chi connectivity index (χ2v) is 6.96. The Balaban J connectivity index is 1.83. The molecular formula is C21H13Cl2N3O3. The molecule has 8 heteroatoms. The van der Waals surface area contributed by atoms with Crippen LogP contribution in [0.1, 0.15) is 27.4 Å². The zero-order valence-corrected chi connectivity index (χ0v) is 16.3. The van der Waals surface area contributed by atoms with E-state index in [1.807, 2.05) is 0 Å². The Morgan fingerprint density at radius 3 is 2.41 bits per heavy atom. The third kappa shape index (κ3) is 4.72. The molecule has 1 unspecified atom stereocenters. The van der Waals surface area contributed by atoms with Gasteiger partial charge in [0.05, 0.1) is 16.9 Å². The summed E-state index contributed by atoms with van der Waals surface area (Å²) in [7, 11) is 0. The van der Waals surface area contributed by atoms with E-state index in [2.05, 4.69) is 11.4 Å². The van der Waals surface area contributed by atoms with Gasteiger partial charge in [0.15, 0.2) is 0 Å². The molecule has 0 saturated carbocycles. The number of carbonyl (C=O) groups excluding carboxylic acids is 1. The van der Waals surface area contributed by atoms with Crippen molar-refractivity contribution in [2.75, 3.05) is 5.32 Å². The van der Waals surface area contributed by atoms with Gasteiger partial charge in [0.25, 0.3) is 11.6 Å². The highest BCUT2D eigenvalue weighted by molar-refractivity contribution is 6.32. The number of non-ortho nitro benzene ring substituents is 1. The van der Waals surface area contributed by atoms with Crippen LogP contribution in [0, 0.1) is 21.4 Å². The molecule has 0 aliphatic carbocycles. The summed E-state index contributed by atoms with van der Waals surface area (Å²) in [4.78, 5) is 22.7. The summed E-state index contributed by atoms with van der Waals surface area (Å²) in [5.74, 6) is -1.10. The third-order valence-electron chi connectivity index (χ3n) is 4.22. The molecule has 0 saturated heterocycles. The zero-order chi connectivity index (χ0) is 21.0. The quantitative estimate of drug-likeness (QED) is 0.411. The van der Waals surface area contributed by atoms with Gasteiger partial charge in [-0.25, -0.2) is 0 Å². The van der Waals surface area contributed by atoms with Crippen LogP contribution in [0.2, 0.25) is 10.0 Å². The maximum absolute atomic E-state index is 12.4. The summed E-state index contributed by atoms with van der Waals surface area (Å²) in [5.41, 5.74) is 1.71. The number of nitrogens with one attached hydrogen (secondary N) is 1. The number of nitriles is 1. The number of anilines is 1. The van der Waals surface area contributed by atoms with Gasteiger partial charge in [-0.05, 0) is 41.5 Å². The normalized spacial score (nSPS) is 11.3. The van der Waals surface area contributed by atoms with E-state index in [0.29, 0.717) is 21.3 Å². The topological polar surface area (TPSA) is 96.0 Å². The number of nitro groups is 1. The third-order valence-corrected chi connectivity index (χ3v) is 4.80. The van der Waals surface area contributed by atoms with Crippen LogP contribution in [-0.4, -0.2) is 10.8 Å². The van der Waals surface area contributed by atoms with Crippen molar-refractivity contribution in [1.82, 2.24) is 0 Å². The van der Waals surface area contributed by atoms with Crippen LogP contribution < -0.4 is 5.32 Å². The van der Waals surface area contributed by atoms with Crippen molar-refractivity contribution in [1.29, 1.82) is 5.26 Å². The van der Waals surface area contributed by atoms with Crippen LogP contribution in [-0.2, 0) is 0 Å². The van der Waals surface area contributed by atoms with Crippen molar-refractivity contribution in [3.8, 4) is 6.07 Å². The van der Waals surface area contributed by atoms with E-state index in [1.54, 1.807) is 36.4 Å². The average molecular weight is 426 g/mol. The van der Waals surface area contributed by atoms with Crippen LogP contribution in [0.3, 0.4) is 0 Å². The lowest BCUT2D eigenvalue weighted by Gasteiger charge is -2.14. The van der Waals surface area contributed by atoms with Crippen LogP contribution in [0.4, 0.5) is 11.4 Å². The van der Waals surface area contributed by atoms with Gasteiger partial charge in [0.2, 0.25) is 0 Å². The Morgan fingerprint density at radius 1 is 1.07 bits per heavy atom. The first-order chi connectivity index (χ1) is 13.9. The molecular weight excluding hydrogens is 413 g/mol. The van der Waals surface area contributed by atoms with E-state index in [1.165, 1.54) is 30.3 Å². The summed E-state index contributed by atoms with van der Waals surface area (Å²) in [6, 6.07) is 19.4. The molecule has 0 radical (unpaired) electrons. The van der Waals surface area contributed by atoms with E-state index < -0.39 is 16.7 Å². The molecule has 0 heterocycles. The molecule has 3 aromatic rings. The fraction of sp³-hybridized carbons (Fsp3) is 0.0476. The number of nitro benzene ring substituents is 1. The van der Waals surface area contributed by atoms with Crippen molar-refractivity contribution in [3.63, 3.8) is 0 Å². The Labute approximate surface area is 176 Å². The average Bonchev–Trinajstić information content (AvgIpc) is 2.71. The van der Waals surface area contributed by atoms with E-state index in [-0.39, 0.29) is 11.3 Å². The van der Waals surface area contributed by atoms with Crippen LogP contribution in [0.5, 0.6) is 0 Å². The van der Waals surface area contributed by atoms with E-state index >= 15 is 0 Å². The number of carbonyl (C=O) groups is 1. The van der Waals surface area contributed by atoms with Crippen molar-refractivity contribution in [3.05, 3.63) is 104 Å². The second kappa shape index (κ2) is 8.74. The van der Waals surface area contributed by atoms with Gasteiger partial charge >= 0.3 is 0 Å². The molecule has 1 N–H and O–H groups in total. The summed E-state index contributed by atoms with van der Waals surface area (Å²) < 4.78 is 0. The lowest BCUT2D eigenvalue weighted by atomic mass is 9.92. The fourth-order valence-electron chi connectivity index (χ4n) is 2.78. The van der Waals surface area contributed by atoms with E-state index in [0.717, 1.165) is 5.56 Å². The Hall–Kier alpha value is -3.40. The summed E-state index contributed by atoms with van der Waals surface area (Å²) in [6.45, 7) is 0. The van der Waals surface area contributed by atoms with Gasteiger partial charge in [-0.3, -0.25) is 14.9 Å². The maximum Gasteiger partial charge on any atom is 0.270 e. The predicted octanol–water partition coefficient (Wildman–Crippen LogP) is 5.81. The first-order valence-corrected chi connectivity index (χ1v) is 9.15. The van der Waals surface area contributed by atoms with Gasteiger partial charge in [-0.15, -0.1) is 0 Å². The molecule has 0 bridgehead atoms. The minimum Gasteiger partial charge on any atom is -0.322 e. The highest BCUT2D eigenvalue weighted by Gasteiger charge is 2.18. The number of amides is 1. The molecule has 29 heavy (non-hydrogen) atoms. The first kappa shape index (κ1) is 20.3. The predicted molar refractivity (Wildman–Crippen MR) is 111 cm³/mol. The number of halogens is 2. The fourth-order valence-corrected chi connectivity index (χ4v) is 3.20. The molecule has 0 fully saturated rings. The highest BCUT2D eigenvalue weighted by Crippen LogP contribution is 2.32. The first-order valence-electron chi connectivity index (χ1n) is 8.39. The van der Waals surface area contributed by atoms with Gasteiger partial charge in [-0.1, -0.05) is 47.5 Å². The standard InChI is InChI=1S/C21H13Cl2N3O3/c22-15-6-4-13(5-7-15)19(12-24)18-9-8-16(11-20(18)23)25-21(27)14-2-1-3-17(10-14)26(28)29/h1-11,19H,(H,25,27). The van der Waals surface area contributed by atoms with E-state index in [4.69, 9.17) is 23.2 Å². The smallest absolute Gasteiger partial charge is 0.270 e. The van der Waals surface area contributed by atoms with Gasteiger partial charge in [-0.2, -0.15) is 5.26 Å².